The number of amides is 1. The molecule has 7 rings (SSSR count). The molecule has 0 spiro atoms. The highest BCUT2D eigenvalue weighted by Gasteiger charge is 2.37. The van der Waals surface area contributed by atoms with Crippen LogP contribution in [0.25, 0.3) is 0 Å². The Morgan fingerprint density at radius 3 is 2.27 bits per heavy atom. The number of aromatic nitrogens is 1. The van der Waals surface area contributed by atoms with Gasteiger partial charge < -0.3 is 24.4 Å². The van der Waals surface area contributed by atoms with E-state index in [2.05, 4.69) is 9.88 Å². The zero-order valence-corrected chi connectivity index (χ0v) is 29.8. The summed E-state index contributed by atoms with van der Waals surface area (Å²) in [7, 11) is 3.07. The summed E-state index contributed by atoms with van der Waals surface area (Å²) < 4.78 is 37.9. The number of nitrogens with zero attached hydrogens (tertiary/aromatic N) is 2. The van der Waals surface area contributed by atoms with Crippen LogP contribution >= 0.6 is 23.2 Å². The molecule has 4 heterocycles. The van der Waals surface area contributed by atoms with Crippen LogP contribution in [0.15, 0.2) is 79.1 Å². The number of carbonyl (C=O) groups excluding carboxylic acids is 2. The highest BCUT2D eigenvalue weighted by atomic mass is 35.5. The molecule has 1 amide bonds. The van der Waals surface area contributed by atoms with Crippen molar-refractivity contribution in [3.05, 3.63) is 117 Å². The number of H-pyrrole nitrogens is 1. The van der Waals surface area contributed by atoms with Gasteiger partial charge in [0.1, 0.15) is 28.1 Å². The molecule has 0 saturated carbocycles. The van der Waals surface area contributed by atoms with Gasteiger partial charge in [-0.3, -0.25) is 9.80 Å². The molecule has 2 atom stereocenters. The summed E-state index contributed by atoms with van der Waals surface area (Å²) in [5, 5.41) is 0.806. The minimum absolute atomic E-state index is 0. The average Bonchev–Trinajstić information content (AvgIpc) is 3.14. The summed E-state index contributed by atoms with van der Waals surface area (Å²) >= 11 is 12.9. The topological polar surface area (TPSA) is 122 Å². The summed E-state index contributed by atoms with van der Waals surface area (Å²) in [5.74, 6) is 0.274. The Labute approximate surface area is 306 Å². The third kappa shape index (κ3) is 8.91. The van der Waals surface area contributed by atoms with Crippen molar-refractivity contribution >= 4 is 41.0 Å². The van der Waals surface area contributed by atoms with E-state index in [9.17, 15) is 14.0 Å². The highest BCUT2D eigenvalue weighted by molar-refractivity contribution is 6.35. The number of pyridine rings is 1. The van der Waals surface area contributed by atoms with Crippen LogP contribution < -0.4 is 19.4 Å². The third-order valence-corrected chi connectivity index (χ3v) is 10.1. The van der Waals surface area contributed by atoms with E-state index in [4.69, 9.17) is 42.1 Å². The van der Waals surface area contributed by atoms with E-state index in [1.165, 1.54) is 18.1 Å². The van der Waals surface area contributed by atoms with E-state index in [1.807, 2.05) is 0 Å². The molecule has 0 radical (unpaired) electrons. The molecule has 1 aromatic heterocycles. The molecule has 10 nitrogen and oxygen atoms in total. The summed E-state index contributed by atoms with van der Waals surface area (Å²) in [4.78, 5) is 33.6. The molecule has 3 saturated heterocycles. The number of hydrogen-bond donors (Lipinski definition) is 0. The molecule has 3 aliphatic rings. The Morgan fingerprint density at radius 2 is 1.65 bits per heavy atom. The molecular weight excluding hydrogens is 700 g/mol. The lowest BCUT2D eigenvalue weighted by atomic mass is 9.86. The molecule has 51 heavy (non-hydrogen) atoms. The van der Waals surface area contributed by atoms with Crippen molar-refractivity contribution in [1.29, 1.82) is 0 Å². The van der Waals surface area contributed by atoms with Crippen molar-refractivity contribution in [1.82, 2.24) is 4.90 Å². The molecule has 3 aliphatic heterocycles. The van der Waals surface area contributed by atoms with E-state index in [-0.39, 0.29) is 30.2 Å². The number of benzene rings is 3. The molecule has 270 valence electrons. The fourth-order valence-electron chi connectivity index (χ4n) is 6.60. The van der Waals surface area contributed by atoms with E-state index >= 15 is 0 Å². The Hall–Kier alpha value is -4.42. The van der Waals surface area contributed by atoms with Gasteiger partial charge in [-0.05, 0) is 85.8 Å². The number of hydrogen-bond acceptors (Lipinski definition) is 8. The van der Waals surface area contributed by atoms with Gasteiger partial charge >= 0.3 is 12.1 Å². The van der Waals surface area contributed by atoms with Crippen molar-refractivity contribution in [2.45, 2.75) is 37.9 Å². The fraction of sp³-hybridized carbons (Fsp3) is 0.342. The van der Waals surface area contributed by atoms with Gasteiger partial charge in [0, 0.05) is 25.1 Å². The van der Waals surface area contributed by atoms with Gasteiger partial charge in [0.25, 0.3) is 0 Å². The smallest absolute Gasteiger partial charge is 0.414 e. The number of aromatic amines is 1. The van der Waals surface area contributed by atoms with Crippen LogP contribution in [-0.4, -0.2) is 68.9 Å². The van der Waals surface area contributed by atoms with Gasteiger partial charge in [-0.1, -0.05) is 53.5 Å². The predicted octanol–water partition coefficient (Wildman–Crippen LogP) is 7.21. The van der Waals surface area contributed by atoms with Gasteiger partial charge in [0.15, 0.2) is 23.9 Å². The van der Waals surface area contributed by atoms with Crippen molar-refractivity contribution in [3.8, 4) is 11.5 Å². The standard InChI is InChI=1S/C38H38Cl2FN3O6.H2O/c1-47-33-12-11-27(19-35(33)48-2)34(20-28-29(39)21-42-22-30(28)40)49-37(45)26-9-7-24(8-10-26)13-18-44(32-6-4-3-5-31(32)41)38(46)50-36-23-43-16-14-25(36)15-17-43;/h3-12,19,21-22,25,34,36H,13-18,20,23H2,1-2H3;1H2/t34-,36-;/m0./s1. The van der Waals surface area contributed by atoms with E-state index in [0.29, 0.717) is 57.1 Å². The number of rotatable bonds is 12. The first kappa shape index (κ1) is 37.8. The number of para-hydroxylation sites is 1. The minimum atomic E-state index is -0.768. The summed E-state index contributed by atoms with van der Waals surface area (Å²) in [6.07, 6.45) is 4.27. The lowest BCUT2D eigenvalue weighted by molar-refractivity contribution is -0.377. The monoisotopic (exact) mass is 739 g/mol. The van der Waals surface area contributed by atoms with Crippen LogP contribution in [0.3, 0.4) is 0 Å². The van der Waals surface area contributed by atoms with Gasteiger partial charge in [0.05, 0.1) is 25.5 Å². The number of fused-ring (bicyclic) bond motifs is 3. The predicted molar refractivity (Wildman–Crippen MR) is 190 cm³/mol. The lowest BCUT2D eigenvalue weighted by Gasteiger charge is -2.44. The average molecular weight is 741 g/mol. The highest BCUT2D eigenvalue weighted by Crippen LogP contribution is 2.36. The number of ether oxygens (including phenoxy) is 4. The third-order valence-electron chi connectivity index (χ3n) is 9.44. The number of anilines is 1. The van der Waals surface area contributed by atoms with Crippen molar-refractivity contribution < 1.29 is 43.4 Å². The normalized spacial score (nSPS) is 18.3. The maximum atomic E-state index is 14.9. The Morgan fingerprint density at radius 1 is 0.961 bits per heavy atom. The maximum absolute atomic E-state index is 14.9. The first-order valence-electron chi connectivity index (χ1n) is 16.5. The van der Waals surface area contributed by atoms with E-state index in [0.717, 1.165) is 31.5 Å². The van der Waals surface area contributed by atoms with Crippen LogP contribution in [-0.2, 0) is 22.3 Å². The number of nitrogens with one attached hydrogen (secondary N) is 1. The quantitative estimate of drug-likeness (QED) is 0.140. The largest absolute Gasteiger partial charge is 0.870 e. The Bertz CT molecular complexity index is 1800. The zero-order chi connectivity index (χ0) is 35.2. The van der Waals surface area contributed by atoms with Crippen LogP contribution in [0.4, 0.5) is 14.9 Å². The Balaban J connectivity index is 0.00000504. The summed E-state index contributed by atoms with van der Waals surface area (Å²) in [6.45, 7) is 2.92. The van der Waals surface area contributed by atoms with Crippen molar-refractivity contribution in [3.63, 3.8) is 0 Å². The minimum Gasteiger partial charge on any atom is -0.870 e. The van der Waals surface area contributed by atoms with Crippen LogP contribution in [0, 0.1) is 11.7 Å². The number of carbonyl (C=O) groups is 2. The summed E-state index contributed by atoms with van der Waals surface area (Å²) in [6, 6.07) is 18.4. The summed E-state index contributed by atoms with van der Waals surface area (Å²) in [5.41, 5.74) is 2.60. The first-order chi connectivity index (χ1) is 24.2. The second-order valence-electron chi connectivity index (χ2n) is 12.5. The van der Waals surface area contributed by atoms with E-state index < -0.39 is 24.0 Å². The van der Waals surface area contributed by atoms with Gasteiger partial charge in [-0.2, -0.15) is 0 Å². The van der Waals surface area contributed by atoms with Crippen LogP contribution in [0.1, 0.15) is 46.0 Å². The van der Waals surface area contributed by atoms with E-state index in [1.54, 1.807) is 80.2 Å². The molecule has 0 aliphatic carbocycles. The molecule has 2 bridgehead atoms. The number of piperidine rings is 3. The maximum Gasteiger partial charge on any atom is 0.414 e. The van der Waals surface area contributed by atoms with Gasteiger partial charge in [-0.15, -0.1) is 0 Å². The van der Waals surface area contributed by atoms with Crippen LogP contribution in [0.2, 0.25) is 10.0 Å². The zero-order valence-electron chi connectivity index (χ0n) is 28.3. The van der Waals surface area contributed by atoms with Crippen molar-refractivity contribution in [2.24, 2.45) is 5.92 Å². The number of esters is 1. The van der Waals surface area contributed by atoms with Crippen molar-refractivity contribution in [2.75, 3.05) is 45.3 Å². The fourth-order valence-corrected chi connectivity index (χ4v) is 7.13. The molecule has 13 heteroatoms. The second kappa shape index (κ2) is 17.2. The lowest BCUT2D eigenvalue weighted by Crippen LogP contribution is -2.53. The molecule has 3 aromatic carbocycles. The SMILES string of the molecule is COc1ccc([C@H](Cc2c(Cl)c[nH+]cc2Cl)OC(=O)c2ccc(CCN(C(=O)O[C@H]3CN4CCC3CC4)c3ccccc3F)cc2)cc1OC.[OH-]. The molecule has 0 unspecified atom stereocenters. The second-order valence-corrected chi connectivity index (χ2v) is 13.3. The number of halogens is 3. The molecular formula is C38H40Cl2FN3O7. The number of methoxy groups -OCH3 is 2. The van der Waals surface area contributed by atoms with Gasteiger partial charge in [-0.25, -0.2) is 19.0 Å². The van der Waals surface area contributed by atoms with Gasteiger partial charge in [0.2, 0.25) is 0 Å². The molecule has 3 fully saturated rings. The Kier molecular flexibility index (Phi) is 12.8. The molecule has 4 aromatic rings. The first-order valence-corrected chi connectivity index (χ1v) is 17.3. The molecule has 2 N–H and O–H groups in total. The van der Waals surface area contributed by atoms with Crippen LogP contribution in [0.5, 0.6) is 11.5 Å².